The molecule has 0 bridgehead atoms. The maximum atomic E-state index is 4.75. The molecule has 5 heteroatoms. The Balaban J connectivity index is 1.52. The fourth-order valence-corrected chi connectivity index (χ4v) is 3.50. The Morgan fingerprint density at radius 2 is 2.00 bits per heavy atom. The first-order chi connectivity index (χ1) is 12.8. The Kier molecular flexibility index (Phi) is 6.69. The smallest absolute Gasteiger partial charge is 0.191 e. The predicted molar refractivity (Wildman–Crippen MR) is 108 cm³/mol. The van der Waals surface area contributed by atoms with Gasteiger partial charge in [0, 0.05) is 25.3 Å². The van der Waals surface area contributed by atoms with Gasteiger partial charge < -0.3 is 10.6 Å². The van der Waals surface area contributed by atoms with Gasteiger partial charge in [-0.05, 0) is 57.2 Å². The van der Waals surface area contributed by atoms with Gasteiger partial charge in [0.2, 0.25) is 0 Å². The molecule has 1 aliphatic rings. The fourth-order valence-electron chi connectivity index (χ4n) is 3.50. The molecule has 0 radical (unpaired) electrons. The SMILES string of the molecule is CCNC(=NCCCc1cn(-c2ccccc2)nc1C)NC1CCCC1. The lowest BCUT2D eigenvalue weighted by Gasteiger charge is -2.16. The second kappa shape index (κ2) is 9.41. The molecule has 1 aliphatic carbocycles. The number of rotatable bonds is 7. The van der Waals surface area contributed by atoms with E-state index in [1.807, 2.05) is 22.9 Å². The predicted octanol–water partition coefficient (Wildman–Crippen LogP) is 3.61. The van der Waals surface area contributed by atoms with Crippen molar-refractivity contribution in [1.82, 2.24) is 20.4 Å². The molecule has 0 aliphatic heterocycles. The summed E-state index contributed by atoms with van der Waals surface area (Å²) >= 11 is 0. The molecule has 2 aromatic rings. The van der Waals surface area contributed by atoms with E-state index in [9.17, 15) is 0 Å². The number of aryl methyl sites for hydroxylation is 2. The number of para-hydroxylation sites is 1. The van der Waals surface area contributed by atoms with Crippen LogP contribution in [0, 0.1) is 6.92 Å². The van der Waals surface area contributed by atoms with Crippen LogP contribution in [0.4, 0.5) is 0 Å². The highest BCUT2D eigenvalue weighted by Crippen LogP contribution is 2.17. The van der Waals surface area contributed by atoms with Crippen LogP contribution >= 0.6 is 0 Å². The lowest BCUT2D eigenvalue weighted by molar-refractivity contribution is 0.613. The van der Waals surface area contributed by atoms with Crippen LogP contribution in [0.15, 0.2) is 41.5 Å². The molecule has 0 saturated heterocycles. The summed E-state index contributed by atoms with van der Waals surface area (Å²) in [7, 11) is 0. The molecule has 0 unspecified atom stereocenters. The van der Waals surface area contributed by atoms with Gasteiger partial charge in [0.25, 0.3) is 0 Å². The van der Waals surface area contributed by atoms with E-state index in [1.165, 1.54) is 31.2 Å². The van der Waals surface area contributed by atoms with E-state index < -0.39 is 0 Å². The van der Waals surface area contributed by atoms with Crippen LogP contribution in [-0.4, -0.2) is 34.9 Å². The number of aliphatic imine (C=N–C) groups is 1. The number of nitrogens with one attached hydrogen (secondary N) is 2. The minimum Gasteiger partial charge on any atom is -0.357 e. The summed E-state index contributed by atoms with van der Waals surface area (Å²) in [5, 5.41) is 11.6. The Labute approximate surface area is 156 Å². The number of guanidine groups is 1. The van der Waals surface area contributed by atoms with Crippen molar-refractivity contribution in [3.05, 3.63) is 47.8 Å². The zero-order valence-electron chi connectivity index (χ0n) is 16.0. The number of benzene rings is 1. The summed E-state index contributed by atoms with van der Waals surface area (Å²) in [6, 6.07) is 10.9. The van der Waals surface area contributed by atoms with Crippen LogP contribution in [0.3, 0.4) is 0 Å². The highest BCUT2D eigenvalue weighted by molar-refractivity contribution is 5.80. The molecule has 1 aromatic carbocycles. The second-order valence-electron chi connectivity index (χ2n) is 7.01. The summed E-state index contributed by atoms with van der Waals surface area (Å²) in [5.74, 6) is 0.969. The van der Waals surface area contributed by atoms with Crippen LogP contribution in [0.25, 0.3) is 5.69 Å². The number of hydrogen-bond acceptors (Lipinski definition) is 2. The molecule has 1 heterocycles. The van der Waals surface area contributed by atoms with E-state index in [4.69, 9.17) is 4.99 Å². The van der Waals surface area contributed by atoms with Crippen molar-refractivity contribution in [3.63, 3.8) is 0 Å². The van der Waals surface area contributed by atoms with Gasteiger partial charge in [0.15, 0.2) is 5.96 Å². The van der Waals surface area contributed by atoms with Gasteiger partial charge in [-0.3, -0.25) is 4.99 Å². The molecule has 0 atom stereocenters. The van der Waals surface area contributed by atoms with Crippen molar-refractivity contribution in [3.8, 4) is 5.69 Å². The maximum absolute atomic E-state index is 4.75. The average molecular weight is 354 g/mol. The van der Waals surface area contributed by atoms with Gasteiger partial charge in [-0.1, -0.05) is 31.0 Å². The van der Waals surface area contributed by atoms with E-state index in [0.29, 0.717) is 6.04 Å². The summed E-state index contributed by atoms with van der Waals surface area (Å²) in [5.41, 5.74) is 3.52. The third-order valence-electron chi connectivity index (χ3n) is 4.94. The summed E-state index contributed by atoms with van der Waals surface area (Å²) in [6.07, 6.45) is 9.39. The topological polar surface area (TPSA) is 54.2 Å². The Bertz CT molecular complexity index is 698. The van der Waals surface area contributed by atoms with Crippen LogP contribution < -0.4 is 10.6 Å². The maximum Gasteiger partial charge on any atom is 0.191 e. The molecule has 1 fully saturated rings. The quantitative estimate of drug-likeness (QED) is 0.454. The van der Waals surface area contributed by atoms with Gasteiger partial charge in [0.05, 0.1) is 11.4 Å². The molecule has 140 valence electrons. The Hall–Kier alpha value is -2.30. The van der Waals surface area contributed by atoms with E-state index in [1.54, 1.807) is 0 Å². The van der Waals surface area contributed by atoms with Gasteiger partial charge in [-0.2, -0.15) is 5.10 Å². The van der Waals surface area contributed by atoms with Crippen molar-refractivity contribution in [2.45, 2.75) is 58.4 Å². The minimum absolute atomic E-state index is 0.596. The minimum atomic E-state index is 0.596. The van der Waals surface area contributed by atoms with Gasteiger partial charge in [-0.15, -0.1) is 0 Å². The normalized spacial score (nSPS) is 15.4. The molecule has 3 rings (SSSR count). The lowest BCUT2D eigenvalue weighted by atomic mass is 10.1. The first-order valence-corrected chi connectivity index (χ1v) is 9.91. The van der Waals surface area contributed by atoms with Crippen molar-refractivity contribution in [2.24, 2.45) is 4.99 Å². The van der Waals surface area contributed by atoms with E-state index in [2.05, 4.69) is 47.9 Å². The third kappa shape index (κ3) is 5.10. The van der Waals surface area contributed by atoms with Crippen molar-refractivity contribution in [1.29, 1.82) is 0 Å². The van der Waals surface area contributed by atoms with Crippen molar-refractivity contribution >= 4 is 5.96 Å². The third-order valence-corrected chi connectivity index (χ3v) is 4.94. The van der Waals surface area contributed by atoms with Gasteiger partial charge in [0.1, 0.15) is 0 Å². The zero-order chi connectivity index (χ0) is 18.2. The first kappa shape index (κ1) is 18.5. The molecule has 0 spiro atoms. The molecule has 5 nitrogen and oxygen atoms in total. The first-order valence-electron chi connectivity index (χ1n) is 9.91. The van der Waals surface area contributed by atoms with Crippen LogP contribution in [0.2, 0.25) is 0 Å². The largest absolute Gasteiger partial charge is 0.357 e. The molecule has 0 amide bonds. The van der Waals surface area contributed by atoms with Crippen molar-refractivity contribution < 1.29 is 0 Å². The van der Waals surface area contributed by atoms with Crippen LogP contribution in [0.1, 0.15) is 50.3 Å². The van der Waals surface area contributed by atoms with Gasteiger partial charge >= 0.3 is 0 Å². The highest BCUT2D eigenvalue weighted by atomic mass is 15.3. The molecule has 1 saturated carbocycles. The van der Waals surface area contributed by atoms with Crippen LogP contribution in [-0.2, 0) is 6.42 Å². The molecular formula is C21H31N5. The fraction of sp³-hybridized carbons (Fsp3) is 0.524. The molecule has 1 aromatic heterocycles. The number of hydrogen-bond donors (Lipinski definition) is 2. The number of aromatic nitrogens is 2. The second-order valence-corrected chi connectivity index (χ2v) is 7.01. The number of nitrogens with zero attached hydrogens (tertiary/aromatic N) is 3. The standard InChI is InChI=1S/C21H31N5/c1-3-22-21(24-19-11-7-8-12-19)23-15-9-10-18-16-26(25-17(18)2)20-13-5-4-6-14-20/h4-6,13-14,16,19H,3,7-12,15H2,1-2H3,(H2,22,23,24). The van der Waals surface area contributed by atoms with E-state index in [0.717, 1.165) is 43.3 Å². The van der Waals surface area contributed by atoms with Crippen molar-refractivity contribution in [2.75, 3.05) is 13.1 Å². The summed E-state index contributed by atoms with van der Waals surface area (Å²) in [6.45, 7) is 5.94. The molecular weight excluding hydrogens is 322 g/mol. The average Bonchev–Trinajstić information content (AvgIpc) is 3.29. The lowest BCUT2D eigenvalue weighted by Crippen LogP contribution is -2.42. The van der Waals surface area contributed by atoms with E-state index in [-0.39, 0.29) is 0 Å². The highest BCUT2D eigenvalue weighted by Gasteiger charge is 2.15. The van der Waals surface area contributed by atoms with Gasteiger partial charge in [-0.25, -0.2) is 4.68 Å². The Morgan fingerprint density at radius 1 is 1.23 bits per heavy atom. The summed E-state index contributed by atoms with van der Waals surface area (Å²) in [4.78, 5) is 4.75. The zero-order valence-corrected chi connectivity index (χ0v) is 16.0. The molecule has 26 heavy (non-hydrogen) atoms. The summed E-state index contributed by atoms with van der Waals surface area (Å²) < 4.78 is 1.97. The Morgan fingerprint density at radius 3 is 2.73 bits per heavy atom. The molecule has 2 N–H and O–H groups in total. The monoisotopic (exact) mass is 353 g/mol. The van der Waals surface area contributed by atoms with Crippen LogP contribution in [0.5, 0.6) is 0 Å². The van der Waals surface area contributed by atoms with E-state index >= 15 is 0 Å².